The SMILES string of the molecule is CC(=O)CCCN(C)Cc1ccc(N2CCN(C(C)C)CC2)cc1. The number of anilines is 1. The average molecular weight is 332 g/mol. The summed E-state index contributed by atoms with van der Waals surface area (Å²) in [4.78, 5) is 18.3. The van der Waals surface area contributed by atoms with Gasteiger partial charge in [-0.3, -0.25) is 4.90 Å². The van der Waals surface area contributed by atoms with Gasteiger partial charge in [0, 0.05) is 50.9 Å². The maximum absolute atomic E-state index is 11.0. The third-order valence-electron chi connectivity index (χ3n) is 4.87. The molecule has 1 saturated heterocycles. The normalized spacial score (nSPS) is 16.2. The topological polar surface area (TPSA) is 26.8 Å². The zero-order valence-corrected chi connectivity index (χ0v) is 15.8. The zero-order chi connectivity index (χ0) is 17.5. The Hall–Kier alpha value is -1.39. The quantitative estimate of drug-likeness (QED) is 0.732. The molecule has 0 radical (unpaired) electrons. The van der Waals surface area contributed by atoms with Crippen molar-refractivity contribution >= 4 is 11.5 Å². The second-order valence-corrected chi connectivity index (χ2v) is 7.33. The van der Waals surface area contributed by atoms with Gasteiger partial charge in [-0.2, -0.15) is 0 Å². The second-order valence-electron chi connectivity index (χ2n) is 7.33. The van der Waals surface area contributed by atoms with Crippen LogP contribution >= 0.6 is 0 Å². The highest BCUT2D eigenvalue weighted by Crippen LogP contribution is 2.18. The second kappa shape index (κ2) is 9.19. The van der Waals surface area contributed by atoms with Gasteiger partial charge in [-0.15, -0.1) is 0 Å². The first-order valence-corrected chi connectivity index (χ1v) is 9.21. The van der Waals surface area contributed by atoms with Crippen LogP contribution in [-0.2, 0) is 11.3 Å². The number of hydrogen-bond acceptors (Lipinski definition) is 4. The minimum atomic E-state index is 0.283. The Morgan fingerprint density at radius 2 is 1.75 bits per heavy atom. The van der Waals surface area contributed by atoms with Gasteiger partial charge >= 0.3 is 0 Å². The molecule has 0 amide bonds. The summed E-state index contributed by atoms with van der Waals surface area (Å²) < 4.78 is 0. The molecule has 1 aromatic rings. The molecule has 1 fully saturated rings. The van der Waals surface area contributed by atoms with E-state index in [1.807, 2.05) is 0 Å². The maximum Gasteiger partial charge on any atom is 0.129 e. The van der Waals surface area contributed by atoms with Crippen LogP contribution in [0.4, 0.5) is 5.69 Å². The molecule has 0 aromatic heterocycles. The molecular weight excluding hydrogens is 298 g/mol. The van der Waals surface area contributed by atoms with Crippen molar-refractivity contribution in [2.24, 2.45) is 0 Å². The van der Waals surface area contributed by atoms with Crippen molar-refractivity contribution in [2.45, 2.75) is 46.2 Å². The smallest absolute Gasteiger partial charge is 0.129 e. The number of hydrogen-bond donors (Lipinski definition) is 0. The van der Waals surface area contributed by atoms with Crippen molar-refractivity contribution in [2.75, 3.05) is 44.7 Å². The fourth-order valence-corrected chi connectivity index (χ4v) is 3.30. The van der Waals surface area contributed by atoms with Gasteiger partial charge in [-0.1, -0.05) is 12.1 Å². The lowest BCUT2D eigenvalue weighted by Gasteiger charge is -2.38. The van der Waals surface area contributed by atoms with Gasteiger partial charge in [0.25, 0.3) is 0 Å². The van der Waals surface area contributed by atoms with Crippen LogP contribution in [0.25, 0.3) is 0 Å². The first-order chi connectivity index (χ1) is 11.5. The van der Waals surface area contributed by atoms with Crippen molar-refractivity contribution in [1.29, 1.82) is 0 Å². The number of piperazine rings is 1. The third-order valence-corrected chi connectivity index (χ3v) is 4.87. The van der Waals surface area contributed by atoms with Gasteiger partial charge in [0.15, 0.2) is 0 Å². The molecule has 0 unspecified atom stereocenters. The average Bonchev–Trinajstić information content (AvgIpc) is 2.55. The van der Waals surface area contributed by atoms with Crippen molar-refractivity contribution in [3.63, 3.8) is 0 Å². The summed E-state index contributed by atoms with van der Waals surface area (Å²) in [6.07, 6.45) is 1.63. The fourth-order valence-electron chi connectivity index (χ4n) is 3.30. The van der Waals surface area contributed by atoms with E-state index in [0.29, 0.717) is 12.5 Å². The van der Waals surface area contributed by atoms with Gasteiger partial charge < -0.3 is 14.6 Å². The monoisotopic (exact) mass is 331 g/mol. The summed E-state index contributed by atoms with van der Waals surface area (Å²) >= 11 is 0. The minimum Gasteiger partial charge on any atom is -0.369 e. The van der Waals surface area contributed by atoms with Crippen molar-refractivity contribution < 1.29 is 4.79 Å². The highest BCUT2D eigenvalue weighted by atomic mass is 16.1. The number of carbonyl (C=O) groups excluding carboxylic acids is 1. The van der Waals surface area contributed by atoms with Crippen LogP contribution < -0.4 is 4.90 Å². The maximum atomic E-state index is 11.0. The van der Waals surface area contributed by atoms with Gasteiger partial charge in [-0.05, 0) is 58.5 Å². The Bertz CT molecular complexity index is 504. The lowest BCUT2D eigenvalue weighted by atomic mass is 10.1. The number of nitrogens with zero attached hydrogens (tertiary/aromatic N) is 3. The molecule has 0 atom stereocenters. The Labute approximate surface area is 147 Å². The predicted molar refractivity (Wildman–Crippen MR) is 102 cm³/mol. The number of carbonyl (C=O) groups is 1. The van der Waals surface area contributed by atoms with E-state index in [1.54, 1.807) is 6.92 Å². The van der Waals surface area contributed by atoms with Crippen molar-refractivity contribution in [3.8, 4) is 0 Å². The molecule has 2 rings (SSSR count). The van der Waals surface area contributed by atoms with Crippen LogP contribution in [0.15, 0.2) is 24.3 Å². The van der Waals surface area contributed by atoms with E-state index in [1.165, 1.54) is 11.3 Å². The molecule has 4 nitrogen and oxygen atoms in total. The highest BCUT2D eigenvalue weighted by molar-refractivity contribution is 5.75. The molecule has 0 saturated carbocycles. The molecule has 0 bridgehead atoms. The molecule has 1 aliphatic heterocycles. The molecule has 1 aliphatic rings. The lowest BCUT2D eigenvalue weighted by Crippen LogP contribution is -2.48. The first kappa shape index (κ1) is 18.9. The molecule has 0 N–H and O–H groups in total. The van der Waals surface area contributed by atoms with Crippen LogP contribution in [0, 0.1) is 0 Å². The van der Waals surface area contributed by atoms with E-state index < -0.39 is 0 Å². The van der Waals surface area contributed by atoms with E-state index in [0.717, 1.165) is 45.7 Å². The van der Waals surface area contributed by atoms with E-state index >= 15 is 0 Å². The molecular formula is C20H33N3O. The van der Waals surface area contributed by atoms with Gasteiger partial charge in [0.2, 0.25) is 0 Å². The Balaban J connectivity index is 1.79. The first-order valence-electron chi connectivity index (χ1n) is 9.21. The predicted octanol–water partition coefficient (Wildman–Crippen LogP) is 3.02. The fraction of sp³-hybridized carbons (Fsp3) is 0.650. The lowest BCUT2D eigenvalue weighted by molar-refractivity contribution is -0.117. The summed E-state index contributed by atoms with van der Waals surface area (Å²) in [5.74, 6) is 0.283. The van der Waals surface area contributed by atoms with Crippen LogP contribution in [0.2, 0.25) is 0 Å². The zero-order valence-electron chi connectivity index (χ0n) is 15.8. The van der Waals surface area contributed by atoms with Crippen LogP contribution in [0.3, 0.4) is 0 Å². The molecule has 1 aromatic carbocycles. The summed E-state index contributed by atoms with van der Waals surface area (Å²) in [7, 11) is 2.12. The third kappa shape index (κ3) is 5.91. The summed E-state index contributed by atoms with van der Waals surface area (Å²) in [6.45, 7) is 12.7. The van der Waals surface area contributed by atoms with Crippen molar-refractivity contribution in [1.82, 2.24) is 9.80 Å². The summed E-state index contributed by atoms with van der Waals surface area (Å²) in [5, 5.41) is 0. The van der Waals surface area contributed by atoms with Crippen molar-refractivity contribution in [3.05, 3.63) is 29.8 Å². The van der Waals surface area contributed by atoms with Crippen LogP contribution in [0.5, 0.6) is 0 Å². The molecule has 0 spiro atoms. The minimum absolute atomic E-state index is 0.283. The van der Waals surface area contributed by atoms with E-state index in [4.69, 9.17) is 0 Å². The molecule has 1 heterocycles. The number of rotatable bonds is 8. The Morgan fingerprint density at radius 1 is 1.12 bits per heavy atom. The van der Waals surface area contributed by atoms with Gasteiger partial charge in [0.05, 0.1) is 0 Å². The van der Waals surface area contributed by atoms with E-state index in [2.05, 4.69) is 59.9 Å². The van der Waals surface area contributed by atoms with E-state index in [9.17, 15) is 4.79 Å². The highest BCUT2D eigenvalue weighted by Gasteiger charge is 2.18. The van der Waals surface area contributed by atoms with Crippen LogP contribution in [0.1, 0.15) is 39.2 Å². The molecule has 0 aliphatic carbocycles. The number of ketones is 1. The number of Topliss-reactive ketones (excluding diaryl/α,β-unsaturated/α-hetero) is 1. The summed E-state index contributed by atoms with van der Waals surface area (Å²) in [5.41, 5.74) is 2.67. The Morgan fingerprint density at radius 3 is 2.29 bits per heavy atom. The Kier molecular flexibility index (Phi) is 7.25. The largest absolute Gasteiger partial charge is 0.369 e. The standard InChI is InChI=1S/C20H33N3O/c1-17(2)22-12-14-23(15-13-22)20-9-7-19(8-10-20)16-21(4)11-5-6-18(3)24/h7-10,17H,5-6,11-16H2,1-4H3. The van der Waals surface area contributed by atoms with Gasteiger partial charge in [-0.25, -0.2) is 0 Å². The molecule has 134 valence electrons. The molecule has 24 heavy (non-hydrogen) atoms. The number of benzene rings is 1. The summed E-state index contributed by atoms with van der Waals surface area (Å²) in [6, 6.07) is 9.64. The van der Waals surface area contributed by atoms with E-state index in [-0.39, 0.29) is 5.78 Å². The van der Waals surface area contributed by atoms with Gasteiger partial charge in [0.1, 0.15) is 5.78 Å². The van der Waals surface area contributed by atoms with Crippen LogP contribution in [-0.4, -0.2) is 61.4 Å². The molecule has 4 heteroatoms.